The number of para-hydroxylation sites is 1. The molecule has 2 saturated heterocycles. The van der Waals surface area contributed by atoms with Gasteiger partial charge in [-0.1, -0.05) is 18.2 Å². The molecule has 1 aromatic carbocycles. The van der Waals surface area contributed by atoms with E-state index in [1.54, 1.807) is 7.11 Å². The summed E-state index contributed by atoms with van der Waals surface area (Å²) in [5, 5.41) is 3.80. The standard InChI is InChI=1S/C17H26N2O/c1-19-15-7-8-16(19)12-14(11-15)18-17-6-4-3-5-13(17)9-10-20-2/h3-6,14-16,18H,7-12H2,1-2H3. The van der Waals surface area contributed by atoms with Gasteiger partial charge < -0.3 is 15.0 Å². The maximum Gasteiger partial charge on any atom is 0.0503 e. The first-order chi connectivity index (χ1) is 9.78. The van der Waals surface area contributed by atoms with Crippen LogP contribution in [0.2, 0.25) is 0 Å². The molecule has 2 atom stereocenters. The van der Waals surface area contributed by atoms with Crippen LogP contribution in [0.1, 0.15) is 31.2 Å². The van der Waals surface area contributed by atoms with Crippen molar-refractivity contribution in [3.05, 3.63) is 29.8 Å². The Bertz CT molecular complexity index is 434. The van der Waals surface area contributed by atoms with Gasteiger partial charge in [-0.2, -0.15) is 0 Å². The van der Waals surface area contributed by atoms with E-state index in [2.05, 4.69) is 41.5 Å². The number of hydrogen-bond acceptors (Lipinski definition) is 3. The maximum atomic E-state index is 5.21. The quantitative estimate of drug-likeness (QED) is 0.893. The summed E-state index contributed by atoms with van der Waals surface area (Å²) < 4.78 is 5.21. The molecular formula is C17H26N2O. The van der Waals surface area contributed by atoms with Crippen LogP contribution in [-0.4, -0.2) is 43.8 Å². The fraction of sp³-hybridized carbons (Fsp3) is 0.647. The molecule has 20 heavy (non-hydrogen) atoms. The van der Waals surface area contributed by atoms with E-state index in [0.29, 0.717) is 6.04 Å². The maximum absolute atomic E-state index is 5.21. The lowest BCUT2D eigenvalue weighted by atomic mass is 9.97. The Kier molecular flexibility index (Phi) is 4.27. The lowest BCUT2D eigenvalue weighted by Crippen LogP contribution is -2.44. The summed E-state index contributed by atoms with van der Waals surface area (Å²) in [6.07, 6.45) is 6.31. The molecule has 2 aliphatic heterocycles. The van der Waals surface area contributed by atoms with Crippen LogP contribution in [-0.2, 0) is 11.2 Å². The fourth-order valence-corrected chi connectivity index (χ4v) is 3.84. The van der Waals surface area contributed by atoms with Crippen molar-refractivity contribution in [2.45, 2.75) is 50.2 Å². The second-order valence-electron chi connectivity index (χ2n) is 6.26. The first-order valence-corrected chi connectivity index (χ1v) is 7.83. The molecule has 0 spiro atoms. The average molecular weight is 274 g/mol. The molecule has 3 nitrogen and oxygen atoms in total. The first kappa shape index (κ1) is 13.9. The Morgan fingerprint density at radius 1 is 1.20 bits per heavy atom. The van der Waals surface area contributed by atoms with Crippen LogP contribution in [0, 0.1) is 0 Å². The van der Waals surface area contributed by atoms with Gasteiger partial charge in [0.15, 0.2) is 0 Å². The highest BCUT2D eigenvalue weighted by atomic mass is 16.5. The summed E-state index contributed by atoms with van der Waals surface area (Å²) in [6, 6.07) is 10.9. The minimum atomic E-state index is 0.632. The van der Waals surface area contributed by atoms with Gasteiger partial charge in [-0.15, -0.1) is 0 Å². The van der Waals surface area contributed by atoms with Crippen molar-refractivity contribution in [2.24, 2.45) is 0 Å². The molecular weight excluding hydrogens is 248 g/mol. The van der Waals surface area contributed by atoms with Crippen LogP contribution in [0.5, 0.6) is 0 Å². The van der Waals surface area contributed by atoms with E-state index in [0.717, 1.165) is 25.1 Å². The van der Waals surface area contributed by atoms with E-state index in [4.69, 9.17) is 4.74 Å². The summed E-state index contributed by atoms with van der Waals surface area (Å²) in [5.74, 6) is 0. The van der Waals surface area contributed by atoms with Crippen LogP contribution >= 0.6 is 0 Å². The molecule has 0 radical (unpaired) electrons. The number of fused-ring (bicyclic) bond motifs is 2. The van der Waals surface area contributed by atoms with Gasteiger partial charge in [-0.3, -0.25) is 0 Å². The zero-order valence-corrected chi connectivity index (χ0v) is 12.6. The molecule has 2 unspecified atom stereocenters. The molecule has 2 fully saturated rings. The number of anilines is 1. The summed E-state index contributed by atoms with van der Waals surface area (Å²) in [5.41, 5.74) is 2.68. The third-order valence-electron chi connectivity index (χ3n) is 5.05. The number of methoxy groups -OCH3 is 1. The van der Waals surface area contributed by atoms with Crippen LogP contribution in [0.3, 0.4) is 0 Å². The number of nitrogens with zero attached hydrogens (tertiary/aromatic N) is 1. The fourth-order valence-electron chi connectivity index (χ4n) is 3.84. The highest BCUT2D eigenvalue weighted by Crippen LogP contribution is 2.35. The number of benzene rings is 1. The zero-order chi connectivity index (χ0) is 13.9. The van der Waals surface area contributed by atoms with E-state index in [1.807, 2.05) is 0 Å². The van der Waals surface area contributed by atoms with E-state index < -0.39 is 0 Å². The van der Waals surface area contributed by atoms with E-state index in [9.17, 15) is 0 Å². The lowest BCUT2D eigenvalue weighted by Gasteiger charge is -2.37. The second-order valence-corrected chi connectivity index (χ2v) is 6.26. The van der Waals surface area contributed by atoms with Crippen molar-refractivity contribution in [1.29, 1.82) is 0 Å². The van der Waals surface area contributed by atoms with Gasteiger partial charge >= 0.3 is 0 Å². The van der Waals surface area contributed by atoms with Crippen molar-refractivity contribution in [1.82, 2.24) is 4.90 Å². The van der Waals surface area contributed by atoms with Crippen molar-refractivity contribution >= 4 is 5.69 Å². The van der Waals surface area contributed by atoms with Crippen molar-refractivity contribution in [3.63, 3.8) is 0 Å². The summed E-state index contributed by atoms with van der Waals surface area (Å²) >= 11 is 0. The van der Waals surface area contributed by atoms with Gasteiger partial charge in [0.25, 0.3) is 0 Å². The van der Waals surface area contributed by atoms with Crippen molar-refractivity contribution in [3.8, 4) is 0 Å². The predicted molar refractivity (Wildman–Crippen MR) is 83.2 cm³/mol. The number of piperidine rings is 1. The molecule has 2 bridgehead atoms. The topological polar surface area (TPSA) is 24.5 Å². The Hall–Kier alpha value is -1.06. The van der Waals surface area contributed by atoms with Gasteiger partial charge in [0.05, 0.1) is 6.61 Å². The third kappa shape index (κ3) is 2.84. The van der Waals surface area contributed by atoms with E-state index >= 15 is 0 Å². The molecule has 1 aromatic rings. The molecule has 0 saturated carbocycles. The molecule has 110 valence electrons. The lowest BCUT2D eigenvalue weighted by molar-refractivity contribution is 0.169. The molecule has 2 heterocycles. The Morgan fingerprint density at radius 3 is 2.60 bits per heavy atom. The van der Waals surface area contributed by atoms with Crippen LogP contribution in [0.25, 0.3) is 0 Å². The molecule has 0 amide bonds. The number of rotatable bonds is 5. The van der Waals surface area contributed by atoms with Gasteiger partial charge in [0.2, 0.25) is 0 Å². The van der Waals surface area contributed by atoms with Gasteiger partial charge in [-0.05, 0) is 50.8 Å². The highest BCUT2D eigenvalue weighted by Gasteiger charge is 2.38. The zero-order valence-electron chi connectivity index (χ0n) is 12.6. The van der Waals surface area contributed by atoms with E-state index in [-0.39, 0.29) is 0 Å². The Morgan fingerprint density at radius 2 is 1.90 bits per heavy atom. The molecule has 0 aliphatic carbocycles. The molecule has 3 heteroatoms. The van der Waals surface area contributed by atoms with Gasteiger partial charge in [0, 0.05) is 30.9 Å². The minimum absolute atomic E-state index is 0.632. The number of hydrogen-bond donors (Lipinski definition) is 1. The Labute approximate surface area is 122 Å². The monoisotopic (exact) mass is 274 g/mol. The summed E-state index contributed by atoms with van der Waals surface area (Å²) in [7, 11) is 4.07. The van der Waals surface area contributed by atoms with Crippen LogP contribution in [0.4, 0.5) is 5.69 Å². The van der Waals surface area contributed by atoms with Crippen LogP contribution in [0.15, 0.2) is 24.3 Å². The molecule has 1 N–H and O–H groups in total. The number of ether oxygens (including phenoxy) is 1. The normalized spacial score (nSPS) is 29.6. The molecule has 0 aromatic heterocycles. The molecule has 3 rings (SSSR count). The SMILES string of the molecule is COCCc1ccccc1NC1CC2CCC(C1)N2C. The van der Waals surface area contributed by atoms with E-state index in [1.165, 1.54) is 36.9 Å². The largest absolute Gasteiger partial charge is 0.384 e. The summed E-state index contributed by atoms with van der Waals surface area (Å²) in [6.45, 7) is 0.789. The van der Waals surface area contributed by atoms with Gasteiger partial charge in [-0.25, -0.2) is 0 Å². The average Bonchev–Trinajstić information content (AvgIpc) is 2.68. The minimum Gasteiger partial charge on any atom is -0.384 e. The Balaban J connectivity index is 1.66. The first-order valence-electron chi connectivity index (χ1n) is 7.83. The predicted octanol–water partition coefficient (Wildman–Crippen LogP) is 2.91. The van der Waals surface area contributed by atoms with Crippen molar-refractivity contribution in [2.75, 3.05) is 26.1 Å². The highest BCUT2D eigenvalue weighted by molar-refractivity contribution is 5.52. The second kappa shape index (κ2) is 6.15. The summed E-state index contributed by atoms with van der Waals surface area (Å²) in [4.78, 5) is 2.59. The third-order valence-corrected chi connectivity index (χ3v) is 5.05. The van der Waals surface area contributed by atoms with Crippen molar-refractivity contribution < 1.29 is 4.74 Å². The molecule has 2 aliphatic rings. The van der Waals surface area contributed by atoms with Crippen LogP contribution < -0.4 is 5.32 Å². The smallest absolute Gasteiger partial charge is 0.0503 e. The number of nitrogens with one attached hydrogen (secondary N) is 1. The van der Waals surface area contributed by atoms with Gasteiger partial charge in [0.1, 0.15) is 0 Å².